The Morgan fingerprint density at radius 3 is 2.54 bits per heavy atom. The number of nitrogens with one attached hydrogen (secondary N) is 1. The van der Waals surface area contributed by atoms with Crippen molar-refractivity contribution in [1.82, 2.24) is 5.32 Å². The lowest BCUT2D eigenvalue weighted by Gasteiger charge is -2.16. The molecule has 0 fully saturated rings. The molecule has 1 amide bonds. The molecule has 0 aliphatic rings. The zero-order valence-corrected chi connectivity index (χ0v) is 13.8. The van der Waals surface area contributed by atoms with E-state index < -0.39 is 12.0 Å². The fraction of sp³-hybridized carbons (Fsp3) is 0.263. The minimum atomic E-state index is -0.774. The summed E-state index contributed by atoms with van der Waals surface area (Å²) in [5, 5.41) is 12.0. The van der Waals surface area contributed by atoms with Crippen LogP contribution >= 0.6 is 0 Å². The quantitative estimate of drug-likeness (QED) is 0.539. The fourth-order valence-corrected chi connectivity index (χ4v) is 2.03. The number of phenolic OH excluding ortho intramolecular Hbond substituents is 1. The van der Waals surface area contributed by atoms with E-state index in [9.17, 15) is 14.7 Å². The number of allylic oxidation sites excluding steroid dienone is 4. The lowest BCUT2D eigenvalue weighted by Crippen LogP contribution is -2.43. The van der Waals surface area contributed by atoms with Gasteiger partial charge >= 0.3 is 5.97 Å². The molecule has 0 aliphatic heterocycles. The summed E-state index contributed by atoms with van der Waals surface area (Å²) >= 11 is 0. The van der Waals surface area contributed by atoms with Gasteiger partial charge in [0.05, 0.1) is 7.11 Å². The first-order chi connectivity index (χ1) is 11.5. The summed E-state index contributed by atoms with van der Waals surface area (Å²) in [5.74, 6) is -0.623. The summed E-state index contributed by atoms with van der Waals surface area (Å²) in [6, 6.07) is 5.67. The molecule has 5 nitrogen and oxygen atoms in total. The van der Waals surface area contributed by atoms with Crippen LogP contribution in [0.15, 0.2) is 61.2 Å². The zero-order chi connectivity index (χ0) is 17.9. The van der Waals surface area contributed by atoms with Gasteiger partial charge in [0.25, 0.3) is 0 Å². The molecule has 128 valence electrons. The molecule has 1 unspecified atom stereocenters. The van der Waals surface area contributed by atoms with Gasteiger partial charge < -0.3 is 15.2 Å². The number of carbonyl (C=O) groups excluding carboxylic acids is 2. The van der Waals surface area contributed by atoms with Gasteiger partial charge in [-0.15, -0.1) is 0 Å². The smallest absolute Gasteiger partial charge is 0.328 e. The van der Waals surface area contributed by atoms with Crippen molar-refractivity contribution in [2.24, 2.45) is 0 Å². The molecule has 5 heteroatoms. The Hall–Kier alpha value is -2.82. The van der Waals surface area contributed by atoms with Crippen LogP contribution in [0.2, 0.25) is 0 Å². The van der Waals surface area contributed by atoms with E-state index in [-0.39, 0.29) is 24.5 Å². The molecule has 0 radical (unpaired) electrons. The van der Waals surface area contributed by atoms with E-state index in [1.54, 1.807) is 30.4 Å². The van der Waals surface area contributed by atoms with E-state index in [1.165, 1.54) is 19.2 Å². The van der Waals surface area contributed by atoms with E-state index in [0.29, 0.717) is 6.42 Å². The van der Waals surface area contributed by atoms with Gasteiger partial charge in [-0.25, -0.2) is 4.79 Å². The van der Waals surface area contributed by atoms with Crippen molar-refractivity contribution in [2.45, 2.75) is 25.3 Å². The number of aromatic hydroxyl groups is 1. The largest absolute Gasteiger partial charge is 0.508 e. The van der Waals surface area contributed by atoms with Crippen molar-refractivity contribution in [3.05, 3.63) is 66.8 Å². The van der Waals surface area contributed by atoms with Gasteiger partial charge in [0, 0.05) is 12.8 Å². The molecule has 2 N–H and O–H groups in total. The van der Waals surface area contributed by atoms with Crippen LogP contribution in [-0.4, -0.2) is 30.1 Å². The molecule has 1 rings (SSSR count). The van der Waals surface area contributed by atoms with Gasteiger partial charge in [-0.05, 0) is 24.1 Å². The van der Waals surface area contributed by atoms with E-state index >= 15 is 0 Å². The first-order valence-electron chi connectivity index (χ1n) is 7.58. The standard InChI is InChI=1S/C19H23NO4/c1-4-5-6-14(2)7-12-18(22)20-17(19(23)24-3)13-15-8-10-16(21)11-9-15/h4-6,8-11,17,21H,1-2,7,12-13H2,3H3,(H,20,22)/b6-5-. The molecule has 1 atom stereocenters. The van der Waals surface area contributed by atoms with Crippen LogP contribution in [0, 0.1) is 0 Å². The average Bonchev–Trinajstić information content (AvgIpc) is 2.58. The van der Waals surface area contributed by atoms with Crippen LogP contribution in [-0.2, 0) is 20.7 Å². The first kappa shape index (κ1) is 19.2. The Labute approximate surface area is 142 Å². The van der Waals surface area contributed by atoms with Crippen molar-refractivity contribution in [3.63, 3.8) is 0 Å². The van der Waals surface area contributed by atoms with Crippen molar-refractivity contribution in [3.8, 4) is 5.75 Å². The molecule has 1 aromatic carbocycles. The van der Waals surface area contributed by atoms with Crippen molar-refractivity contribution in [2.75, 3.05) is 7.11 Å². The number of phenols is 1. The molecule has 0 bridgehead atoms. The Bertz CT molecular complexity index is 617. The highest BCUT2D eigenvalue weighted by Gasteiger charge is 2.21. The third-order valence-corrected chi connectivity index (χ3v) is 3.34. The molecular formula is C19H23NO4. The zero-order valence-electron chi connectivity index (χ0n) is 13.8. The van der Waals surface area contributed by atoms with Gasteiger partial charge in [-0.2, -0.15) is 0 Å². The average molecular weight is 329 g/mol. The third-order valence-electron chi connectivity index (χ3n) is 3.34. The summed E-state index contributed by atoms with van der Waals surface area (Å²) in [6.07, 6.45) is 6.18. The lowest BCUT2D eigenvalue weighted by molar-refractivity contribution is -0.145. The van der Waals surface area contributed by atoms with Crippen LogP contribution in [0.1, 0.15) is 18.4 Å². The molecule has 0 heterocycles. The summed E-state index contributed by atoms with van der Waals surface area (Å²) in [4.78, 5) is 23.9. The van der Waals surface area contributed by atoms with Crippen LogP contribution in [0.25, 0.3) is 0 Å². The summed E-state index contributed by atoms with van der Waals surface area (Å²) < 4.78 is 4.75. The first-order valence-corrected chi connectivity index (χ1v) is 7.58. The Morgan fingerprint density at radius 1 is 1.29 bits per heavy atom. The van der Waals surface area contributed by atoms with Gasteiger partial charge in [0.1, 0.15) is 11.8 Å². The predicted molar refractivity (Wildman–Crippen MR) is 93.5 cm³/mol. The van der Waals surface area contributed by atoms with E-state index in [0.717, 1.165) is 11.1 Å². The maximum Gasteiger partial charge on any atom is 0.328 e. The van der Waals surface area contributed by atoms with Crippen molar-refractivity contribution >= 4 is 11.9 Å². The summed E-state index contributed by atoms with van der Waals surface area (Å²) in [7, 11) is 1.28. The highest BCUT2D eigenvalue weighted by atomic mass is 16.5. The summed E-state index contributed by atoms with van der Waals surface area (Å²) in [5.41, 5.74) is 1.61. The van der Waals surface area contributed by atoms with Crippen LogP contribution in [0.5, 0.6) is 5.75 Å². The van der Waals surface area contributed by atoms with Gasteiger partial charge in [-0.3, -0.25) is 4.79 Å². The van der Waals surface area contributed by atoms with E-state index in [1.807, 2.05) is 0 Å². The number of esters is 1. The maximum absolute atomic E-state index is 12.1. The minimum Gasteiger partial charge on any atom is -0.508 e. The van der Waals surface area contributed by atoms with Crippen LogP contribution in [0.3, 0.4) is 0 Å². The second-order valence-corrected chi connectivity index (χ2v) is 5.27. The fourth-order valence-electron chi connectivity index (χ4n) is 2.03. The molecule has 0 saturated heterocycles. The Kier molecular flexibility index (Phi) is 8.05. The monoisotopic (exact) mass is 329 g/mol. The van der Waals surface area contributed by atoms with Crippen LogP contribution < -0.4 is 5.32 Å². The van der Waals surface area contributed by atoms with E-state index in [2.05, 4.69) is 18.5 Å². The number of rotatable bonds is 9. The lowest BCUT2D eigenvalue weighted by atomic mass is 10.0. The van der Waals surface area contributed by atoms with Crippen LogP contribution in [0.4, 0.5) is 0 Å². The van der Waals surface area contributed by atoms with Crippen molar-refractivity contribution in [1.29, 1.82) is 0 Å². The van der Waals surface area contributed by atoms with Gasteiger partial charge in [0.15, 0.2) is 0 Å². The normalized spacial score (nSPS) is 11.7. The third kappa shape index (κ3) is 6.96. The number of benzene rings is 1. The SMILES string of the molecule is C=C/C=C\C(=C)CCC(=O)NC(Cc1ccc(O)cc1)C(=O)OC. The number of ether oxygens (including phenoxy) is 1. The molecule has 1 aromatic rings. The molecule has 0 saturated carbocycles. The topological polar surface area (TPSA) is 75.6 Å². The number of methoxy groups -OCH3 is 1. The molecular weight excluding hydrogens is 306 g/mol. The van der Waals surface area contributed by atoms with Gasteiger partial charge in [0.2, 0.25) is 5.91 Å². The highest BCUT2D eigenvalue weighted by molar-refractivity contribution is 5.84. The van der Waals surface area contributed by atoms with Crippen molar-refractivity contribution < 1.29 is 19.4 Å². The summed E-state index contributed by atoms with van der Waals surface area (Å²) in [6.45, 7) is 7.41. The minimum absolute atomic E-state index is 0.142. The number of amides is 1. The Balaban J connectivity index is 2.62. The molecule has 0 aromatic heterocycles. The maximum atomic E-state index is 12.1. The molecule has 0 spiro atoms. The van der Waals surface area contributed by atoms with E-state index in [4.69, 9.17) is 4.74 Å². The molecule has 24 heavy (non-hydrogen) atoms. The van der Waals surface area contributed by atoms with Gasteiger partial charge in [-0.1, -0.05) is 49.1 Å². The number of carbonyl (C=O) groups is 2. The Morgan fingerprint density at radius 2 is 1.96 bits per heavy atom. The second-order valence-electron chi connectivity index (χ2n) is 5.27. The molecule has 0 aliphatic carbocycles. The highest BCUT2D eigenvalue weighted by Crippen LogP contribution is 2.12. The number of hydrogen-bond acceptors (Lipinski definition) is 4. The number of hydrogen-bond donors (Lipinski definition) is 2. The predicted octanol–water partition coefficient (Wildman–Crippen LogP) is 2.67. The second kappa shape index (κ2) is 10.0.